The van der Waals surface area contributed by atoms with Crippen LogP contribution in [0.2, 0.25) is 10.0 Å². The highest BCUT2D eigenvalue weighted by Crippen LogP contribution is 2.49. The Labute approximate surface area is 240 Å². The quantitative estimate of drug-likeness (QED) is 0.214. The Morgan fingerprint density at radius 1 is 0.725 bits per heavy atom. The van der Waals surface area contributed by atoms with Crippen molar-refractivity contribution in [3.63, 3.8) is 0 Å². The van der Waals surface area contributed by atoms with Crippen molar-refractivity contribution >= 4 is 48.7 Å². The monoisotopic (exact) mass is 620 g/mol. The van der Waals surface area contributed by atoms with Crippen LogP contribution in [0.4, 0.5) is 0 Å². The molecule has 6 rings (SSSR count). The third-order valence-corrected chi connectivity index (χ3v) is 9.73. The van der Waals surface area contributed by atoms with E-state index >= 15 is 0 Å². The highest BCUT2D eigenvalue weighted by Gasteiger charge is 2.42. The van der Waals surface area contributed by atoms with Crippen LogP contribution in [-0.4, -0.2) is 45.4 Å². The molecule has 2 aromatic heterocycles. The van der Waals surface area contributed by atoms with Crippen molar-refractivity contribution in [1.82, 2.24) is 10.3 Å². The van der Waals surface area contributed by atoms with Crippen LogP contribution >= 0.6 is 23.2 Å². The first kappa shape index (κ1) is 27.2. The van der Waals surface area contributed by atoms with Gasteiger partial charge in [0.2, 0.25) is 5.78 Å². The summed E-state index contributed by atoms with van der Waals surface area (Å²) in [7, 11) is -7.54. The number of carbonyl (C=O) groups excluding carboxylic acids is 1. The highest BCUT2D eigenvalue weighted by molar-refractivity contribution is 7.91. The van der Waals surface area contributed by atoms with Gasteiger partial charge in [0.05, 0.1) is 20.9 Å². The number of benzene rings is 2. The summed E-state index contributed by atoms with van der Waals surface area (Å²) in [6.45, 7) is 0. The minimum absolute atomic E-state index is 0.0531. The number of sulfone groups is 2. The van der Waals surface area contributed by atoms with Gasteiger partial charge in [0, 0.05) is 45.5 Å². The summed E-state index contributed by atoms with van der Waals surface area (Å²) in [5.41, 5.74) is 0.627. The molecule has 0 aliphatic heterocycles. The lowest BCUT2D eigenvalue weighted by Crippen LogP contribution is -2.10. The molecule has 2 fully saturated rings. The average Bonchev–Trinajstić information content (AvgIpc) is 3.82. The summed E-state index contributed by atoms with van der Waals surface area (Å²) in [4.78, 5) is 14.4. The molecular weight excluding hydrogens is 599 g/mol. The van der Waals surface area contributed by atoms with Crippen LogP contribution in [0.5, 0.6) is 0 Å². The van der Waals surface area contributed by atoms with Crippen molar-refractivity contribution in [2.75, 3.05) is 12.5 Å². The molecule has 2 saturated carbocycles. The van der Waals surface area contributed by atoms with Crippen LogP contribution in [0, 0.1) is 0 Å². The van der Waals surface area contributed by atoms with Gasteiger partial charge < -0.3 is 9.05 Å². The van der Waals surface area contributed by atoms with Gasteiger partial charge in [-0.2, -0.15) is 0 Å². The van der Waals surface area contributed by atoms with Crippen LogP contribution in [0.15, 0.2) is 55.2 Å². The number of ketones is 1. The zero-order valence-electron chi connectivity index (χ0n) is 21.3. The smallest absolute Gasteiger partial charge is 0.204 e. The van der Waals surface area contributed by atoms with Crippen molar-refractivity contribution in [2.24, 2.45) is 0 Å². The van der Waals surface area contributed by atoms with Crippen molar-refractivity contribution in [1.29, 1.82) is 0 Å². The van der Waals surface area contributed by atoms with Gasteiger partial charge in [-0.05, 0) is 62.1 Å². The Morgan fingerprint density at radius 3 is 1.43 bits per heavy atom. The summed E-state index contributed by atoms with van der Waals surface area (Å²) in [6, 6.07) is 8.61. The maximum atomic E-state index is 14.6. The fourth-order valence-electron chi connectivity index (χ4n) is 4.78. The predicted molar refractivity (Wildman–Crippen MR) is 148 cm³/mol. The van der Waals surface area contributed by atoms with Gasteiger partial charge in [0.25, 0.3) is 0 Å². The largest absolute Gasteiger partial charge is 0.360 e. The van der Waals surface area contributed by atoms with Gasteiger partial charge in [-0.3, -0.25) is 4.79 Å². The van der Waals surface area contributed by atoms with E-state index in [2.05, 4.69) is 10.3 Å². The first-order valence-electron chi connectivity index (χ1n) is 12.4. The second-order valence-corrected chi connectivity index (χ2v) is 15.1. The molecule has 2 heterocycles. The van der Waals surface area contributed by atoms with E-state index in [0.717, 1.165) is 38.2 Å². The standard InChI is InChI=1S/C27H22Cl2N2O7S2/c1-39(33,34)19-11-15(28)7-9-17(19)23-21(26(37-30-23)13-3-4-13)25(32)22-24(31-38-27(22)14-5-6-14)18-10-8-16(29)12-20(18)40(2,35)36/h7-14H,3-6H2,1-2H3. The highest BCUT2D eigenvalue weighted by atomic mass is 35.5. The Hall–Kier alpha value is -2.99. The predicted octanol–water partition coefficient (Wildman–Crippen LogP) is 6.10. The van der Waals surface area contributed by atoms with E-state index in [1.165, 1.54) is 36.4 Å². The third kappa shape index (κ3) is 4.89. The minimum Gasteiger partial charge on any atom is -0.360 e. The Kier molecular flexibility index (Phi) is 6.49. The molecule has 0 spiro atoms. The lowest BCUT2D eigenvalue weighted by atomic mass is 9.92. The molecule has 0 unspecified atom stereocenters. The van der Waals surface area contributed by atoms with E-state index in [1.54, 1.807) is 0 Å². The van der Waals surface area contributed by atoms with E-state index < -0.39 is 25.5 Å². The van der Waals surface area contributed by atoms with Crippen LogP contribution < -0.4 is 0 Å². The van der Waals surface area contributed by atoms with Crippen LogP contribution in [0.1, 0.15) is 65.0 Å². The van der Waals surface area contributed by atoms with Gasteiger partial charge >= 0.3 is 0 Å². The molecule has 0 amide bonds. The second-order valence-electron chi connectivity index (χ2n) is 10.2. The topological polar surface area (TPSA) is 137 Å². The number of nitrogens with zero attached hydrogens (tertiary/aromatic N) is 2. The molecule has 0 bridgehead atoms. The zero-order chi connectivity index (χ0) is 28.6. The molecule has 0 N–H and O–H groups in total. The lowest BCUT2D eigenvalue weighted by Gasteiger charge is -2.10. The van der Waals surface area contributed by atoms with Crippen molar-refractivity contribution in [3.05, 3.63) is 69.1 Å². The fourth-order valence-corrected chi connectivity index (χ4v) is 7.07. The number of aromatic nitrogens is 2. The summed E-state index contributed by atoms with van der Waals surface area (Å²) in [5.74, 6) is -0.00135. The number of halogens is 2. The van der Waals surface area contributed by atoms with Gasteiger partial charge in [0.1, 0.15) is 11.4 Å². The summed E-state index contributed by atoms with van der Waals surface area (Å²) < 4.78 is 62.2. The van der Waals surface area contributed by atoms with E-state index in [1.807, 2.05) is 0 Å². The molecule has 0 radical (unpaired) electrons. The van der Waals surface area contributed by atoms with Crippen LogP contribution in [0.3, 0.4) is 0 Å². The zero-order valence-corrected chi connectivity index (χ0v) is 24.4. The first-order valence-corrected chi connectivity index (χ1v) is 16.9. The molecule has 208 valence electrons. The molecule has 2 aromatic carbocycles. The first-order chi connectivity index (χ1) is 18.8. The van der Waals surface area contributed by atoms with Crippen LogP contribution in [0.25, 0.3) is 22.5 Å². The van der Waals surface area contributed by atoms with E-state index in [9.17, 15) is 21.6 Å². The lowest BCUT2D eigenvalue weighted by molar-refractivity contribution is 0.103. The van der Waals surface area contributed by atoms with Crippen molar-refractivity contribution in [2.45, 2.75) is 47.3 Å². The number of carbonyl (C=O) groups is 1. The SMILES string of the molecule is CS(=O)(=O)c1cc(Cl)ccc1-c1noc(C2CC2)c1C(=O)c1c(-c2ccc(Cl)cc2S(C)(=O)=O)noc1C1CC1. The van der Waals surface area contributed by atoms with E-state index in [0.29, 0.717) is 11.5 Å². The maximum Gasteiger partial charge on any atom is 0.204 e. The fraction of sp³-hybridized carbons (Fsp3) is 0.296. The van der Waals surface area contributed by atoms with Gasteiger partial charge in [-0.1, -0.05) is 33.5 Å². The minimum atomic E-state index is -3.77. The molecule has 2 aliphatic carbocycles. The average molecular weight is 622 g/mol. The van der Waals surface area contributed by atoms with Gasteiger partial charge in [0.15, 0.2) is 31.2 Å². The van der Waals surface area contributed by atoms with E-state index in [4.69, 9.17) is 32.2 Å². The molecule has 4 aromatic rings. The third-order valence-electron chi connectivity index (χ3n) is 6.98. The molecule has 9 nitrogen and oxygen atoms in total. The Bertz CT molecular complexity index is 1780. The molecule has 0 saturated heterocycles. The second kappa shape index (κ2) is 9.54. The summed E-state index contributed by atoms with van der Waals surface area (Å²) in [6.07, 6.45) is 5.18. The molecule has 0 atom stereocenters. The number of hydrogen-bond donors (Lipinski definition) is 0. The van der Waals surface area contributed by atoms with Crippen molar-refractivity contribution < 1.29 is 30.7 Å². The number of rotatable bonds is 8. The Balaban J connectivity index is 1.61. The molecule has 2 aliphatic rings. The van der Waals surface area contributed by atoms with Gasteiger partial charge in [-0.15, -0.1) is 0 Å². The van der Waals surface area contributed by atoms with Crippen molar-refractivity contribution in [3.8, 4) is 22.5 Å². The normalized spacial score (nSPS) is 15.9. The molecule has 40 heavy (non-hydrogen) atoms. The van der Waals surface area contributed by atoms with Crippen LogP contribution in [-0.2, 0) is 19.7 Å². The molecule has 13 heteroatoms. The van der Waals surface area contributed by atoms with Gasteiger partial charge in [-0.25, -0.2) is 16.8 Å². The Morgan fingerprint density at radius 2 is 1.10 bits per heavy atom. The summed E-state index contributed by atoms with van der Waals surface area (Å²) >= 11 is 12.2. The molecular formula is C27H22Cl2N2O7S2. The number of hydrogen-bond acceptors (Lipinski definition) is 9. The maximum absolute atomic E-state index is 14.6. The van der Waals surface area contributed by atoms with E-state index in [-0.39, 0.29) is 65.3 Å². The summed E-state index contributed by atoms with van der Waals surface area (Å²) in [5, 5.41) is 8.76.